The van der Waals surface area contributed by atoms with Crippen molar-refractivity contribution in [1.82, 2.24) is 10.2 Å². The lowest BCUT2D eigenvalue weighted by molar-refractivity contribution is 0.493. The molecule has 100 valence electrons. The third-order valence-electron chi connectivity index (χ3n) is 2.68. The lowest BCUT2D eigenvalue weighted by atomic mass is 10.4. The molecule has 1 heterocycles. The van der Waals surface area contributed by atoms with Crippen molar-refractivity contribution < 1.29 is 8.42 Å². The van der Waals surface area contributed by atoms with Crippen molar-refractivity contribution in [3.05, 3.63) is 0 Å². The van der Waals surface area contributed by atoms with Crippen LogP contribution < -0.4 is 5.32 Å². The molecule has 0 aromatic carbocycles. The monoisotopic (exact) mass is 261 g/mol. The summed E-state index contributed by atoms with van der Waals surface area (Å²) in [4.78, 5) is 6.71. The number of hydrogen-bond donors (Lipinski definition) is 1. The van der Waals surface area contributed by atoms with Gasteiger partial charge in [-0.05, 0) is 26.2 Å². The lowest BCUT2D eigenvalue weighted by Crippen LogP contribution is -2.39. The number of aliphatic imine (C=N–C) groups is 1. The second kappa shape index (κ2) is 6.83. The molecule has 0 saturated carbocycles. The maximum atomic E-state index is 11.0. The minimum Gasteiger partial charge on any atom is -0.357 e. The molecule has 1 saturated heterocycles. The van der Waals surface area contributed by atoms with Crippen molar-refractivity contribution in [2.45, 2.75) is 26.2 Å². The van der Waals surface area contributed by atoms with Crippen LogP contribution in [0.3, 0.4) is 0 Å². The first kappa shape index (κ1) is 14.3. The Kier molecular flexibility index (Phi) is 5.74. The molecule has 1 rings (SSSR count). The van der Waals surface area contributed by atoms with Gasteiger partial charge in [0, 0.05) is 32.4 Å². The molecule has 0 unspecified atom stereocenters. The van der Waals surface area contributed by atoms with Gasteiger partial charge in [0.2, 0.25) is 0 Å². The Balaban J connectivity index is 2.40. The highest BCUT2D eigenvalue weighted by Crippen LogP contribution is 2.07. The molecule has 0 atom stereocenters. The van der Waals surface area contributed by atoms with Gasteiger partial charge in [-0.25, -0.2) is 8.42 Å². The van der Waals surface area contributed by atoms with Gasteiger partial charge in [-0.2, -0.15) is 0 Å². The van der Waals surface area contributed by atoms with E-state index in [1.807, 2.05) is 6.92 Å². The van der Waals surface area contributed by atoms with E-state index >= 15 is 0 Å². The molecule has 5 nitrogen and oxygen atoms in total. The molecular formula is C11H23N3O2S. The van der Waals surface area contributed by atoms with E-state index in [9.17, 15) is 8.42 Å². The molecule has 1 fully saturated rings. The average Bonchev–Trinajstić information content (AvgIpc) is 2.74. The Labute approximate surface area is 104 Å². The predicted molar refractivity (Wildman–Crippen MR) is 71.1 cm³/mol. The minimum atomic E-state index is -2.86. The van der Waals surface area contributed by atoms with Gasteiger partial charge >= 0.3 is 0 Å². The molecule has 0 spiro atoms. The van der Waals surface area contributed by atoms with Crippen LogP contribution in [-0.4, -0.2) is 57.5 Å². The van der Waals surface area contributed by atoms with Gasteiger partial charge in [-0.3, -0.25) is 4.99 Å². The Bertz CT molecular complexity index is 346. The molecule has 6 heteroatoms. The second-order valence-corrected chi connectivity index (χ2v) is 6.67. The van der Waals surface area contributed by atoms with Crippen molar-refractivity contribution >= 4 is 15.8 Å². The van der Waals surface area contributed by atoms with Crippen LogP contribution >= 0.6 is 0 Å². The quantitative estimate of drug-likeness (QED) is 0.444. The fourth-order valence-electron chi connectivity index (χ4n) is 1.87. The van der Waals surface area contributed by atoms with Crippen molar-refractivity contribution in [3.63, 3.8) is 0 Å². The van der Waals surface area contributed by atoms with Gasteiger partial charge < -0.3 is 10.2 Å². The van der Waals surface area contributed by atoms with E-state index in [0.717, 1.165) is 25.6 Å². The first-order valence-electron chi connectivity index (χ1n) is 6.24. The van der Waals surface area contributed by atoms with Crippen molar-refractivity contribution in [2.75, 3.05) is 38.2 Å². The molecule has 0 aromatic heterocycles. The molecule has 0 aliphatic carbocycles. The second-order valence-electron chi connectivity index (χ2n) is 4.41. The molecular weight excluding hydrogens is 238 g/mol. The van der Waals surface area contributed by atoms with Crippen LogP contribution in [0.15, 0.2) is 4.99 Å². The van der Waals surface area contributed by atoms with E-state index in [1.54, 1.807) is 0 Å². The van der Waals surface area contributed by atoms with Gasteiger partial charge in [0.15, 0.2) is 5.96 Å². The Morgan fingerprint density at radius 1 is 1.35 bits per heavy atom. The highest BCUT2D eigenvalue weighted by atomic mass is 32.2. The van der Waals surface area contributed by atoms with E-state index in [0.29, 0.717) is 13.0 Å². The summed E-state index contributed by atoms with van der Waals surface area (Å²) < 4.78 is 22.0. The van der Waals surface area contributed by atoms with Crippen LogP contribution in [0.25, 0.3) is 0 Å². The number of nitrogens with one attached hydrogen (secondary N) is 1. The van der Waals surface area contributed by atoms with Crippen LogP contribution in [0.4, 0.5) is 0 Å². The molecule has 1 N–H and O–H groups in total. The summed E-state index contributed by atoms with van der Waals surface area (Å²) in [5, 5.41) is 3.25. The van der Waals surface area contributed by atoms with Gasteiger partial charge in [-0.15, -0.1) is 0 Å². The van der Waals surface area contributed by atoms with Crippen molar-refractivity contribution in [3.8, 4) is 0 Å². The third kappa shape index (κ3) is 5.91. The van der Waals surface area contributed by atoms with Gasteiger partial charge in [0.25, 0.3) is 0 Å². The topological polar surface area (TPSA) is 61.8 Å². The Hall–Kier alpha value is -0.780. The summed E-state index contributed by atoms with van der Waals surface area (Å²) in [6.07, 6.45) is 4.30. The maximum absolute atomic E-state index is 11.0. The number of likely N-dealkylation sites (tertiary alicyclic amines) is 1. The summed E-state index contributed by atoms with van der Waals surface area (Å²) in [6, 6.07) is 0. The number of hydrogen-bond acceptors (Lipinski definition) is 3. The first-order chi connectivity index (χ1) is 8.03. The number of sulfone groups is 1. The summed E-state index contributed by atoms with van der Waals surface area (Å²) >= 11 is 0. The first-order valence-corrected chi connectivity index (χ1v) is 8.30. The van der Waals surface area contributed by atoms with E-state index < -0.39 is 9.84 Å². The molecule has 0 bridgehead atoms. The highest BCUT2D eigenvalue weighted by Gasteiger charge is 2.15. The van der Waals surface area contributed by atoms with Gasteiger partial charge in [0.05, 0.1) is 5.75 Å². The largest absolute Gasteiger partial charge is 0.357 e. The number of rotatable bonds is 5. The zero-order valence-electron chi connectivity index (χ0n) is 10.8. The summed E-state index contributed by atoms with van der Waals surface area (Å²) in [7, 11) is -2.86. The fourth-order valence-corrected chi connectivity index (χ4v) is 2.52. The number of nitrogens with zero attached hydrogens (tertiary/aromatic N) is 2. The normalized spacial score (nSPS) is 17.5. The van der Waals surface area contributed by atoms with E-state index in [1.165, 1.54) is 19.1 Å². The standard InChI is InChI=1S/C11H23N3O2S/c1-3-12-11(14-8-4-5-9-14)13-7-6-10-17(2,15)16/h3-10H2,1-2H3,(H,12,13). The van der Waals surface area contributed by atoms with Crippen molar-refractivity contribution in [2.24, 2.45) is 4.99 Å². The zero-order valence-corrected chi connectivity index (χ0v) is 11.6. The van der Waals surface area contributed by atoms with E-state index in [2.05, 4.69) is 15.2 Å². The van der Waals surface area contributed by atoms with Gasteiger partial charge in [0.1, 0.15) is 9.84 Å². The lowest BCUT2D eigenvalue weighted by Gasteiger charge is -2.20. The predicted octanol–water partition coefficient (Wildman–Crippen LogP) is 0.482. The van der Waals surface area contributed by atoms with Crippen molar-refractivity contribution in [1.29, 1.82) is 0 Å². The Morgan fingerprint density at radius 2 is 2.00 bits per heavy atom. The molecule has 0 aromatic rings. The van der Waals surface area contributed by atoms with Crippen LogP contribution in [0.5, 0.6) is 0 Å². The zero-order chi connectivity index (χ0) is 12.7. The molecule has 0 radical (unpaired) electrons. The van der Waals surface area contributed by atoms with Gasteiger partial charge in [-0.1, -0.05) is 0 Å². The number of guanidine groups is 1. The summed E-state index contributed by atoms with van der Waals surface area (Å²) in [5.74, 6) is 1.15. The Morgan fingerprint density at radius 3 is 2.53 bits per heavy atom. The SMILES string of the molecule is CCNC(=NCCCS(C)(=O)=O)N1CCCC1. The summed E-state index contributed by atoms with van der Waals surface area (Å²) in [5.41, 5.74) is 0. The van der Waals surface area contributed by atoms with Crippen LogP contribution in [0.2, 0.25) is 0 Å². The third-order valence-corrected chi connectivity index (χ3v) is 3.71. The molecule has 1 aliphatic rings. The highest BCUT2D eigenvalue weighted by molar-refractivity contribution is 7.90. The van der Waals surface area contributed by atoms with Crippen LogP contribution in [0, 0.1) is 0 Å². The minimum absolute atomic E-state index is 0.218. The average molecular weight is 261 g/mol. The fraction of sp³-hybridized carbons (Fsp3) is 0.909. The van der Waals surface area contributed by atoms with Crippen LogP contribution in [-0.2, 0) is 9.84 Å². The van der Waals surface area contributed by atoms with E-state index in [4.69, 9.17) is 0 Å². The smallest absolute Gasteiger partial charge is 0.193 e. The summed E-state index contributed by atoms with van der Waals surface area (Å²) in [6.45, 7) is 5.57. The van der Waals surface area contributed by atoms with Crippen LogP contribution in [0.1, 0.15) is 26.2 Å². The maximum Gasteiger partial charge on any atom is 0.193 e. The molecule has 0 amide bonds. The molecule has 17 heavy (non-hydrogen) atoms. The van der Waals surface area contributed by atoms with E-state index in [-0.39, 0.29) is 5.75 Å². The molecule has 1 aliphatic heterocycles.